The number of rotatable bonds is 6. The molecule has 0 amide bonds. The van der Waals surface area contributed by atoms with Crippen molar-refractivity contribution in [3.05, 3.63) is 84.9 Å². The smallest absolute Gasteiger partial charge is 0.300 e. The first-order valence-electron chi connectivity index (χ1n) is 7.55. The van der Waals surface area contributed by atoms with Gasteiger partial charge in [-0.25, -0.2) is 0 Å². The number of ether oxygens (including phenoxy) is 1. The maximum atomic E-state index is 10.8. The zero-order valence-electron chi connectivity index (χ0n) is 13.3. The molecule has 0 radical (unpaired) electrons. The van der Waals surface area contributed by atoms with E-state index in [1.165, 1.54) is 9.79 Å². The van der Waals surface area contributed by atoms with Crippen molar-refractivity contribution in [1.82, 2.24) is 0 Å². The van der Waals surface area contributed by atoms with Crippen LogP contribution in [0, 0.1) is 0 Å². The van der Waals surface area contributed by atoms with Gasteiger partial charge in [0.15, 0.2) is 14.7 Å². The second kappa shape index (κ2) is 7.74. The molecule has 0 aromatic heterocycles. The minimum atomic E-state index is -4.16. The lowest BCUT2D eigenvalue weighted by Crippen LogP contribution is -2.10. The second-order valence-electron chi connectivity index (χ2n) is 5.25. The molecule has 4 nitrogen and oxygen atoms in total. The largest absolute Gasteiger partial charge is 0.475 e. The molecule has 0 heterocycles. The normalized spacial score (nSPS) is 11.4. The molecule has 3 aromatic rings. The highest BCUT2D eigenvalue weighted by molar-refractivity contribution is 7.97. The molecule has 0 atom stereocenters. The van der Waals surface area contributed by atoms with Crippen molar-refractivity contribution >= 4 is 21.0 Å². The zero-order chi connectivity index (χ0) is 17.7. The van der Waals surface area contributed by atoms with E-state index >= 15 is 0 Å². The van der Waals surface area contributed by atoms with Gasteiger partial charge >= 0.3 is 10.1 Å². The van der Waals surface area contributed by atoms with Gasteiger partial charge in [-0.3, -0.25) is 4.55 Å². The van der Waals surface area contributed by atoms with E-state index in [2.05, 4.69) is 24.3 Å². The van der Waals surface area contributed by atoms with Gasteiger partial charge in [-0.1, -0.05) is 36.4 Å². The summed E-state index contributed by atoms with van der Waals surface area (Å²) in [5, 5.41) is 0. The van der Waals surface area contributed by atoms with Gasteiger partial charge in [-0.15, -0.1) is 0 Å². The van der Waals surface area contributed by atoms with E-state index in [1.807, 2.05) is 48.5 Å². The van der Waals surface area contributed by atoms with E-state index in [4.69, 9.17) is 9.29 Å². The fourth-order valence-corrected chi connectivity index (χ4v) is 4.70. The van der Waals surface area contributed by atoms with Crippen LogP contribution in [0.1, 0.15) is 0 Å². The Hall–Kier alpha value is -2.28. The van der Waals surface area contributed by atoms with E-state index < -0.39 is 16.1 Å². The molecule has 3 rings (SSSR count). The van der Waals surface area contributed by atoms with Crippen molar-refractivity contribution in [2.24, 2.45) is 0 Å². The molecular formula is C19H17O4S2+. The first-order valence-corrected chi connectivity index (χ1v) is 10.4. The Kier molecular flexibility index (Phi) is 5.43. The van der Waals surface area contributed by atoms with Crippen molar-refractivity contribution in [3.8, 4) is 5.75 Å². The number of hydrogen-bond acceptors (Lipinski definition) is 3. The molecule has 0 bridgehead atoms. The second-order valence-corrected chi connectivity index (χ2v) is 8.67. The van der Waals surface area contributed by atoms with Crippen molar-refractivity contribution in [2.45, 2.75) is 14.7 Å². The van der Waals surface area contributed by atoms with Gasteiger partial charge in [0.1, 0.15) is 5.75 Å². The highest BCUT2D eigenvalue weighted by atomic mass is 32.2. The molecule has 1 N–H and O–H groups in total. The van der Waals surface area contributed by atoms with Crippen LogP contribution in [-0.2, 0) is 21.0 Å². The molecule has 0 saturated heterocycles. The number of hydrogen-bond donors (Lipinski definition) is 1. The SMILES string of the molecule is O=S(=O)(O)COc1ccc([S+](c2ccccc2)c2ccccc2)cc1. The van der Waals surface area contributed by atoms with Crippen LogP contribution in [0.3, 0.4) is 0 Å². The summed E-state index contributed by atoms with van der Waals surface area (Å²) in [5.74, 6) is -0.360. The van der Waals surface area contributed by atoms with Gasteiger partial charge in [-0.05, 0) is 48.5 Å². The van der Waals surface area contributed by atoms with Crippen LogP contribution < -0.4 is 4.74 Å². The third kappa shape index (κ3) is 4.85. The molecule has 0 saturated carbocycles. The third-order valence-corrected chi connectivity index (χ3v) is 6.04. The minimum Gasteiger partial charge on any atom is -0.475 e. The van der Waals surface area contributed by atoms with E-state index in [0.29, 0.717) is 5.75 Å². The molecular weight excluding hydrogens is 356 g/mol. The molecule has 0 unspecified atom stereocenters. The molecule has 0 aliphatic carbocycles. The Bertz CT molecular complexity index is 869. The average Bonchev–Trinajstić information content (AvgIpc) is 2.62. The summed E-state index contributed by atoms with van der Waals surface area (Å²) in [7, 11) is -4.42. The number of benzene rings is 3. The van der Waals surface area contributed by atoms with Crippen LogP contribution in [0.4, 0.5) is 0 Å². The van der Waals surface area contributed by atoms with E-state index in [0.717, 1.165) is 4.90 Å². The molecule has 0 fully saturated rings. The van der Waals surface area contributed by atoms with Crippen LogP contribution in [-0.4, -0.2) is 18.9 Å². The Morgan fingerprint density at radius 1 is 0.720 bits per heavy atom. The quantitative estimate of drug-likeness (QED) is 0.524. The van der Waals surface area contributed by atoms with E-state index in [-0.39, 0.29) is 10.9 Å². The monoisotopic (exact) mass is 373 g/mol. The molecule has 25 heavy (non-hydrogen) atoms. The summed E-state index contributed by atoms with van der Waals surface area (Å²) in [6.07, 6.45) is 0. The van der Waals surface area contributed by atoms with Crippen LogP contribution in [0.5, 0.6) is 5.75 Å². The lowest BCUT2D eigenvalue weighted by Gasteiger charge is -2.09. The fraction of sp³-hybridized carbons (Fsp3) is 0.0526. The maximum absolute atomic E-state index is 10.8. The summed E-state index contributed by atoms with van der Waals surface area (Å²) < 4.78 is 35.4. The summed E-state index contributed by atoms with van der Waals surface area (Å²) in [4.78, 5) is 3.48. The van der Waals surface area contributed by atoms with Crippen molar-refractivity contribution in [1.29, 1.82) is 0 Å². The van der Waals surface area contributed by atoms with Crippen molar-refractivity contribution < 1.29 is 17.7 Å². The highest BCUT2D eigenvalue weighted by Crippen LogP contribution is 2.31. The molecule has 128 valence electrons. The Morgan fingerprint density at radius 3 is 1.60 bits per heavy atom. The fourth-order valence-electron chi connectivity index (χ4n) is 2.34. The first-order chi connectivity index (χ1) is 12.0. The third-order valence-electron chi connectivity index (χ3n) is 3.39. The topological polar surface area (TPSA) is 63.6 Å². The van der Waals surface area contributed by atoms with Gasteiger partial charge in [-0.2, -0.15) is 8.42 Å². The summed E-state index contributed by atoms with van der Waals surface area (Å²) in [6.45, 7) is 0. The Labute approximate surface area is 150 Å². The average molecular weight is 373 g/mol. The van der Waals surface area contributed by atoms with Crippen molar-refractivity contribution in [2.75, 3.05) is 5.94 Å². The first kappa shape index (κ1) is 17.5. The summed E-state index contributed by atoms with van der Waals surface area (Å²) in [6, 6.07) is 27.7. The maximum Gasteiger partial charge on any atom is 0.300 e. The summed E-state index contributed by atoms with van der Waals surface area (Å²) >= 11 is 0. The molecule has 3 aromatic carbocycles. The molecule has 0 aliphatic heterocycles. The van der Waals surface area contributed by atoms with E-state index in [9.17, 15) is 8.42 Å². The van der Waals surface area contributed by atoms with Crippen LogP contribution >= 0.6 is 0 Å². The van der Waals surface area contributed by atoms with E-state index in [1.54, 1.807) is 12.1 Å². The molecule has 0 spiro atoms. The lowest BCUT2D eigenvalue weighted by atomic mass is 10.3. The standard InChI is InChI=1S/C19H16O4S2/c20-25(21,22)15-23-16-11-13-19(14-12-16)24(17-7-3-1-4-8-17)18-9-5-2-6-10-18/h1-14H,15H2/p+1. The zero-order valence-corrected chi connectivity index (χ0v) is 14.9. The van der Waals surface area contributed by atoms with Gasteiger partial charge in [0.25, 0.3) is 0 Å². The van der Waals surface area contributed by atoms with Gasteiger partial charge in [0.05, 0.1) is 10.9 Å². The van der Waals surface area contributed by atoms with Crippen LogP contribution in [0.25, 0.3) is 0 Å². The van der Waals surface area contributed by atoms with Gasteiger partial charge < -0.3 is 4.74 Å². The molecule has 0 aliphatic rings. The lowest BCUT2D eigenvalue weighted by molar-refractivity contribution is 0.352. The van der Waals surface area contributed by atoms with Crippen LogP contribution in [0.15, 0.2) is 99.6 Å². The molecule has 6 heteroatoms. The predicted molar refractivity (Wildman–Crippen MR) is 98.5 cm³/mol. The van der Waals surface area contributed by atoms with Crippen molar-refractivity contribution in [3.63, 3.8) is 0 Å². The Morgan fingerprint density at radius 2 is 1.16 bits per heavy atom. The highest BCUT2D eigenvalue weighted by Gasteiger charge is 2.28. The predicted octanol–water partition coefficient (Wildman–Crippen LogP) is 4.01. The van der Waals surface area contributed by atoms with Gasteiger partial charge in [0.2, 0.25) is 5.94 Å². The minimum absolute atomic E-state index is 0.267. The summed E-state index contributed by atoms with van der Waals surface area (Å²) in [5.41, 5.74) is 0. The van der Waals surface area contributed by atoms with Crippen LogP contribution in [0.2, 0.25) is 0 Å². The van der Waals surface area contributed by atoms with Gasteiger partial charge in [0, 0.05) is 0 Å². The Balaban J connectivity index is 1.92.